The molecule has 0 spiro atoms. The van der Waals surface area contributed by atoms with Gasteiger partial charge in [0.05, 0.1) is 5.69 Å². The Balaban J connectivity index is 1.77. The van der Waals surface area contributed by atoms with Crippen LogP contribution in [0.1, 0.15) is 22.3 Å². The van der Waals surface area contributed by atoms with Gasteiger partial charge in [0, 0.05) is 10.6 Å². The van der Waals surface area contributed by atoms with Gasteiger partial charge in [0.1, 0.15) is 10.6 Å². The molecule has 0 unspecified atom stereocenters. The lowest BCUT2D eigenvalue weighted by molar-refractivity contribution is -0.120. The van der Waals surface area contributed by atoms with Gasteiger partial charge in [0.2, 0.25) is 0 Å². The molecular weight excluding hydrogens is 404 g/mol. The predicted octanol–water partition coefficient (Wildman–Crippen LogP) is 5.91. The van der Waals surface area contributed by atoms with Crippen molar-refractivity contribution in [3.63, 3.8) is 0 Å². The first-order valence-electron chi connectivity index (χ1n) is 10.1. The lowest BCUT2D eigenvalue weighted by atomic mass is 10.1. The average molecular weight is 429 g/mol. The highest BCUT2D eigenvalue weighted by Crippen LogP contribution is 2.38. The highest BCUT2D eigenvalue weighted by Gasteiger charge is 2.40. The molecule has 0 fully saturated rings. The summed E-state index contributed by atoms with van der Waals surface area (Å²) < 4.78 is 0. The molecule has 2 amide bonds. The zero-order valence-corrected chi connectivity index (χ0v) is 18.8. The third-order valence-corrected chi connectivity index (χ3v) is 6.46. The minimum absolute atomic E-state index is 0.307. The van der Waals surface area contributed by atoms with E-state index in [0.29, 0.717) is 16.3 Å². The summed E-state index contributed by atoms with van der Waals surface area (Å²) >= 11 is 1.31. The molecule has 5 heteroatoms. The molecule has 0 aromatic heterocycles. The Hall–Kier alpha value is -3.31. The average Bonchev–Trinajstić information content (AvgIpc) is 2.96. The zero-order valence-electron chi connectivity index (χ0n) is 18.0. The predicted molar refractivity (Wildman–Crippen MR) is 127 cm³/mol. The maximum absolute atomic E-state index is 13.5. The summed E-state index contributed by atoms with van der Waals surface area (Å²) in [4.78, 5) is 29.5. The van der Waals surface area contributed by atoms with E-state index >= 15 is 0 Å². The van der Waals surface area contributed by atoms with Crippen molar-refractivity contribution < 1.29 is 9.59 Å². The van der Waals surface area contributed by atoms with Gasteiger partial charge in [0.15, 0.2) is 0 Å². The fraction of sp³-hybridized carbons (Fsp3) is 0.154. The molecule has 0 atom stereocenters. The van der Waals surface area contributed by atoms with Gasteiger partial charge in [-0.25, -0.2) is 4.90 Å². The normalized spacial score (nSPS) is 13.9. The Morgan fingerprint density at radius 2 is 1.48 bits per heavy atom. The molecule has 3 aromatic carbocycles. The molecule has 4 nitrogen and oxygen atoms in total. The second kappa shape index (κ2) is 8.44. The number of hydrogen-bond acceptors (Lipinski definition) is 4. The van der Waals surface area contributed by atoms with Crippen LogP contribution in [-0.2, 0) is 9.59 Å². The van der Waals surface area contributed by atoms with Crippen LogP contribution in [0, 0.1) is 27.7 Å². The zero-order chi connectivity index (χ0) is 22.1. The molecule has 3 aromatic rings. The number of imide groups is 1. The van der Waals surface area contributed by atoms with E-state index < -0.39 is 0 Å². The van der Waals surface area contributed by atoms with E-state index in [2.05, 4.69) is 5.32 Å². The number of nitrogens with one attached hydrogen (secondary N) is 1. The van der Waals surface area contributed by atoms with Crippen molar-refractivity contribution in [2.24, 2.45) is 0 Å². The van der Waals surface area contributed by atoms with Crippen molar-refractivity contribution in [2.75, 3.05) is 10.2 Å². The second-order valence-corrected chi connectivity index (χ2v) is 8.86. The monoisotopic (exact) mass is 428 g/mol. The molecule has 156 valence electrons. The summed E-state index contributed by atoms with van der Waals surface area (Å²) in [6.07, 6.45) is 0. The Morgan fingerprint density at radius 3 is 2.16 bits per heavy atom. The van der Waals surface area contributed by atoms with Crippen LogP contribution in [0.5, 0.6) is 0 Å². The lowest BCUT2D eigenvalue weighted by Crippen LogP contribution is -2.33. The van der Waals surface area contributed by atoms with Gasteiger partial charge in [-0.1, -0.05) is 53.7 Å². The minimum Gasteiger partial charge on any atom is -0.350 e. The number of nitrogens with zero attached hydrogens (tertiary/aromatic N) is 1. The van der Waals surface area contributed by atoms with E-state index in [0.717, 1.165) is 27.3 Å². The number of anilines is 2. The van der Waals surface area contributed by atoms with E-state index in [-0.39, 0.29) is 11.8 Å². The Morgan fingerprint density at radius 1 is 0.742 bits per heavy atom. The number of carbonyl (C=O) groups is 2. The van der Waals surface area contributed by atoms with E-state index in [4.69, 9.17) is 0 Å². The lowest BCUT2D eigenvalue weighted by Gasteiger charge is -2.18. The number of aryl methyl sites for hydroxylation is 4. The second-order valence-electron chi connectivity index (χ2n) is 7.78. The van der Waals surface area contributed by atoms with Crippen LogP contribution >= 0.6 is 11.8 Å². The Kier molecular flexibility index (Phi) is 5.70. The van der Waals surface area contributed by atoms with Gasteiger partial charge in [-0.3, -0.25) is 9.59 Å². The van der Waals surface area contributed by atoms with Crippen LogP contribution in [0.15, 0.2) is 82.2 Å². The maximum atomic E-state index is 13.5. The summed E-state index contributed by atoms with van der Waals surface area (Å²) in [6.45, 7) is 7.98. The van der Waals surface area contributed by atoms with Gasteiger partial charge in [-0.2, -0.15) is 0 Å². The fourth-order valence-corrected chi connectivity index (χ4v) is 4.51. The molecular formula is C26H24N2O2S. The van der Waals surface area contributed by atoms with Crippen molar-refractivity contribution in [3.05, 3.63) is 99.6 Å². The van der Waals surface area contributed by atoms with Crippen LogP contribution < -0.4 is 10.2 Å². The van der Waals surface area contributed by atoms with Crippen LogP contribution in [0.4, 0.5) is 11.4 Å². The number of hydrogen-bond donors (Lipinski definition) is 1. The SMILES string of the molecule is Cc1ccc(N2C(=O)C(Nc3ccc(C)c(C)c3)=C(Sc3ccccc3)C2=O)c(C)c1. The summed E-state index contributed by atoms with van der Waals surface area (Å²) in [6, 6.07) is 21.3. The highest BCUT2D eigenvalue weighted by atomic mass is 32.2. The third kappa shape index (κ3) is 4.14. The van der Waals surface area contributed by atoms with Crippen LogP contribution in [0.3, 0.4) is 0 Å². The van der Waals surface area contributed by atoms with E-state index in [1.807, 2.05) is 94.4 Å². The van der Waals surface area contributed by atoms with Crippen LogP contribution in [0.2, 0.25) is 0 Å². The van der Waals surface area contributed by atoms with Crippen LogP contribution in [0.25, 0.3) is 0 Å². The smallest absolute Gasteiger partial charge is 0.283 e. The minimum atomic E-state index is -0.339. The summed E-state index contributed by atoms with van der Waals surface area (Å²) in [7, 11) is 0. The molecule has 1 aliphatic rings. The number of rotatable bonds is 5. The first-order valence-corrected chi connectivity index (χ1v) is 10.9. The Bertz CT molecular complexity index is 1220. The van der Waals surface area contributed by atoms with Crippen molar-refractivity contribution in [1.29, 1.82) is 0 Å². The van der Waals surface area contributed by atoms with E-state index in [9.17, 15) is 9.59 Å². The standard InChI is InChI=1S/C26H24N2O2S/c1-16-10-13-22(19(4)14-16)28-25(29)23(27-20-12-11-17(2)18(3)15-20)24(26(28)30)31-21-8-6-5-7-9-21/h5-15,27H,1-4H3. The van der Waals surface area contributed by atoms with Gasteiger partial charge < -0.3 is 5.32 Å². The van der Waals surface area contributed by atoms with Crippen molar-refractivity contribution in [1.82, 2.24) is 0 Å². The Labute approximate surface area is 187 Å². The van der Waals surface area contributed by atoms with E-state index in [1.54, 1.807) is 0 Å². The van der Waals surface area contributed by atoms with Gasteiger partial charge in [0.25, 0.3) is 11.8 Å². The molecule has 0 aliphatic carbocycles. The molecule has 0 bridgehead atoms. The number of thioether (sulfide) groups is 1. The molecule has 4 rings (SSSR count). The molecule has 1 N–H and O–H groups in total. The van der Waals surface area contributed by atoms with Gasteiger partial charge >= 0.3 is 0 Å². The van der Waals surface area contributed by atoms with Crippen molar-refractivity contribution >= 4 is 35.0 Å². The van der Waals surface area contributed by atoms with Gasteiger partial charge in [-0.15, -0.1) is 0 Å². The first-order chi connectivity index (χ1) is 14.8. The van der Waals surface area contributed by atoms with Crippen molar-refractivity contribution in [2.45, 2.75) is 32.6 Å². The third-order valence-electron chi connectivity index (χ3n) is 5.37. The molecule has 0 saturated heterocycles. The number of carbonyl (C=O) groups excluding carboxylic acids is 2. The molecule has 1 heterocycles. The summed E-state index contributed by atoms with van der Waals surface area (Å²) in [5, 5.41) is 3.24. The van der Waals surface area contributed by atoms with Gasteiger partial charge in [-0.05, 0) is 74.7 Å². The largest absolute Gasteiger partial charge is 0.350 e. The highest BCUT2D eigenvalue weighted by molar-refractivity contribution is 8.04. The summed E-state index contributed by atoms with van der Waals surface area (Å²) in [5.41, 5.74) is 5.97. The molecule has 0 saturated carbocycles. The number of benzene rings is 3. The molecule has 0 radical (unpaired) electrons. The fourth-order valence-electron chi connectivity index (χ4n) is 3.56. The first kappa shape index (κ1) is 20.9. The number of amides is 2. The van der Waals surface area contributed by atoms with E-state index in [1.165, 1.54) is 22.2 Å². The topological polar surface area (TPSA) is 49.4 Å². The summed E-state index contributed by atoms with van der Waals surface area (Å²) in [5.74, 6) is -0.647. The van der Waals surface area contributed by atoms with Crippen LogP contribution in [-0.4, -0.2) is 11.8 Å². The quantitative estimate of drug-likeness (QED) is 0.513. The molecule has 31 heavy (non-hydrogen) atoms. The van der Waals surface area contributed by atoms with Crippen molar-refractivity contribution in [3.8, 4) is 0 Å². The molecule has 1 aliphatic heterocycles. The maximum Gasteiger partial charge on any atom is 0.283 e.